The Balaban J connectivity index is 1.56. The van der Waals surface area contributed by atoms with Crippen LogP contribution >= 0.6 is 0 Å². The van der Waals surface area contributed by atoms with Crippen LogP contribution in [0.4, 0.5) is 0 Å². The molecule has 0 saturated heterocycles. The summed E-state index contributed by atoms with van der Waals surface area (Å²) in [7, 11) is 0. The normalized spacial score (nSPS) is 12.8. The minimum absolute atomic E-state index is 0.563. The Kier molecular flexibility index (Phi) is 11.1. The van der Waals surface area contributed by atoms with E-state index in [0.717, 1.165) is 71.5 Å². The van der Waals surface area contributed by atoms with Crippen molar-refractivity contribution in [3.63, 3.8) is 0 Å². The van der Waals surface area contributed by atoms with Gasteiger partial charge in [-0.1, -0.05) is 145 Å². The van der Waals surface area contributed by atoms with Crippen LogP contribution in [0.15, 0.2) is 84.9 Å². The van der Waals surface area contributed by atoms with Crippen molar-refractivity contribution in [2.75, 3.05) is 0 Å². The quantitative estimate of drug-likeness (QED) is 0.115. The van der Waals surface area contributed by atoms with Gasteiger partial charge in [-0.15, -0.1) is 0 Å². The third kappa shape index (κ3) is 7.71. The number of benzene rings is 3. The van der Waals surface area contributed by atoms with Gasteiger partial charge >= 0.3 is 0 Å². The van der Waals surface area contributed by atoms with Crippen LogP contribution in [0.3, 0.4) is 0 Å². The zero-order valence-corrected chi connectivity index (χ0v) is 27.0. The van der Waals surface area contributed by atoms with Crippen molar-refractivity contribution in [2.45, 2.75) is 92.2 Å². The van der Waals surface area contributed by atoms with Gasteiger partial charge in [0.2, 0.25) is 0 Å². The van der Waals surface area contributed by atoms with E-state index < -0.39 is 0 Å². The summed E-state index contributed by atoms with van der Waals surface area (Å²) in [4.78, 5) is 10.3. The first-order chi connectivity index (χ1) is 21.6. The monoisotopic (exact) mass is 588 g/mol. The molecule has 2 aromatic heterocycles. The number of rotatable bonds is 16. The molecule has 44 heavy (non-hydrogen) atoms. The Morgan fingerprint density at radius 3 is 1.32 bits per heavy atom. The molecule has 0 radical (unpaired) electrons. The minimum Gasteiger partial charge on any atom is -0.245 e. The lowest BCUT2D eigenvalue weighted by atomic mass is 9.99. The third-order valence-corrected chi connectivity index (χ3v) is 8.74. The van der Waals surface area contributed by atoms with Gasteiger partial charge < -0.3 is 0 Å². The van der Waals surface area contributed by atoms with E-state index in [0.29, 0.717) is 11.8 Å². The molecule has 5 rings (SSSR count). The molecule has 0 amide bonds. The second-order valence-corrected chi connectivity index (χ2v) is 12.0. The average Bonchev–Trinajstić information content (AvgIpc) is 3.70. The van der Waals surface area contributed by atoms with Crippen molar-refractivity contribution in [1.82, 2.24) is 29.5 Å². The van der Waals surface area contributed by atoms with Crippen LogP contribution in [-0.2, 0) is 13.1 Å². The molecular formula is C38H48N6. The summed E-state index contributed by atoms with van der Waals surface area (Å²) >= 11 is 0. The van der Waals surface area contributed by atoms with Gasteiger partial charge in [0, 0.05) is 35.3 Å². The molecule has 0 spiro atoms. The van der Waals surface area contributed by atoms with Crippen LogP contribution in [0.1, 0.15) is 79.1 Å². The Hall–Kier alpha value is -4.06. The largest absolute Gasteiger partial charge is 0.245 e. The van der Waals surface area contributed by atoms with Crippen LogP contribution in [0.25, 0.3) is 45.6 Å². The van der Waals surface area contributed by atoms with Crippen molar-refractivity contribution in [3.8, 4) is 45.6 Å². The third-order valence-electron chi connectivity index (χ3n) is 8.74. The lowest BCUT2D eigenvalue weighted by Gasteiger charge is -2.17. The maximum absolute atomic E-state index is 5.13. The molecule has 0 N–H and O–H groups in total. The number of hydrogen-bond acceptors (Lipinski definition) is 4. The molecule has 0 aliphatic heterocycles. The van der Waals surface area contributed by atoms with E-state index in [9.17, 15) is 0 Å². The van der Waals surface area contributed by atoms with E-state index in [-0.39, 0.29) is 0 Å². The first-order valence-electron chi connectivity index (χ1n) is 16.7. The van der Waals surface area contributed by atoms with Crippen LogP contribution < -0.4 is 0 Å². The number of nitrogens with zero attached hydrogens (tertiary/aromatic N) is 6. The molecule has 2 heterocycles. The maximum atomic E-state index is 5.13. The lowest BCUT2D eigenvalue weighted by molar-refractivity contribution is 0.374. The highest BCUT2D eigenvalue weighted by atomic mass is 15.4. The number of unbranched alkanes of at least 4 members (excludes halogenated alkanes) is 2. The molecule has 230 valence electrons. The Labute approximate surface area is 263 Å². The van der Waals surface area contributed by atoms with Gasteiger partial charge in [-0.05, 0) is 30.7 Å². The summed E-state index contributed by atoms with van der Waals surface area (Å²) in [5.41, 5.74) is 4.18. The Morgan fingerprint density at radius 2 is 0.932 bits per heavy atom. The van der Waals surface area contributed by atoms with Gasteiger partial charge in [-0.25, -0.2) is 19.3 Å². The predicted molar refractivity (Wildman–Crippen MR) is 182 cm³/mol. The van der Waals surface area contributed by atoms with Gasteiger partial charge in [0.1, 0.15) is 0 Å². The summed E-state index contributed by atoms with van der Waals surface area (Å²) < 4.78 is 4.28. The maximum Gasteiger partial charge on any atom is 0.181 e. The smallest absolute Gasteiger partial charge is 0.181 e. The van der Waals surface area contributed by atoms with Crippen LogP contribution in [0.2, 0.25) is 0 Å². The first kappa shape index (κ1) is 31.4. The number of hydrogen-bond donors (Lipinski definition) is 0. The second kappa shape index (κ2) is 15.6. The van der Waals surface area contributed by atoms with E-state index in [1.807, 2.05) is 36.4 Å². The van der Waals surface area contributed by atoms with Gasteiger partial charge in [-0.3, -0.25) is 0 Å². The highest BCUT2D eigenvalue weighted by Gasteiger charge is 2.20. The Bertz CT molecular complexity index is 1450. The van der Waals surface area contributed by atoms with E-state index in [1.165, 1.54) is 38.5 Å². The van der Waals surface area contributed by atoms with E-state index in [2.05, 4.69) is 85.6 Å². The van der Waals surface area contributed by atoms with Crippen molar-refractivity contribution in [1.29, 1.82) is 0 Å². The molecule has 2 unspecified atom stereocenters. The van der Waals surface area contributed by atoms with Crippen molar-refractivity contribution < 1.29 is 0 Å². The van der Waals surface area contributed by atoms with Gasteiger partial charge in [-0.2, -0.15) is 10.2 Å². The van der Waals surface area contributed by atoms with Crippen molar-refractivity contribution >= 4 is 0 Å². The molecule has 2 atom stereocenters. The molecule has 0 fully saturated rings. The highest BCUT2D eigenvalue weighted by Crippen LogP contribution is 2.30. The SMILES string of the molecule is CCCCC(CC)Cn1nc(-c2ccccc2)nc1-c1cccc(-c2nc(-c3ccccc3)nn2CC(CC)CCCC)c1. The minimum atomic E-state index is 0.563. The fourth-order valence-electron chi connectivity index (χ4n) is 5.91. The molecular weight excluding hydrogens is 540 g/mol. The van der Waals surface area contributed by atoms with Gasteiger partial charge in [0.25, 0.3) is 0 Å². The lowest BCUT2D eigenvalue weighted by Crippen LogP contribution is -2.13. The molecule has 0 aliphatic rings. The van der Waals surface area contributed by atoms with Crippen molar-refractivity contribution in [3.05, 3.63) is 84.9 Å². The van der Waals surface area contributed by atoms with Crippen LogP contribution in [0.5, 0.6) is 0 Å². The number of aromatic nitrogens is 6. The zero-order chi connectivity index (χ0) is 30.7. The van der Waals surface area contributed by atoms with Crippen molar-refractivity contribution in [2.24, 2.45) is 11.8 Å². The van der Waals surface area contributed by atoms with Crippen LogP contribution in [-0.4, -0.2) is 29.5 Å². The fraction of sp³-hybridized carbons (Fsp3) is 0.421. The zero-order valence-electron chi connectivity index (χ0n) is 27.0. The average molecular weight is 589 g/mol. The predicted octanol–water partition coefficient (Wildman–Crippen LogP) is 9.97. The molecule has 6 nitrogen and oxygen atoms in total. The van der Waals surface area contributed by atoms with E-state index in [1.54, 1.807) is 0 Å². The summed E-state index contributed by atoms with van der Waals surface area (Å²) in [6.07, 6.45) is 9.55. The summed E-state index contributed by atoms with van der Waals surface area (Å²) in [6, 6.07) is 29.3. The Morgan fingerprint density at radius 1 is 0.523 bits per heavy atom. The van der Waals surface area contributed by atoms with Gasteiger partial charge in [0.15, 0.2) is 23.3 Å². The van der Waals surface area contributed by atoms with E-state index >= 15 is 0 Å². The fourth-order valence-corrected chi connectivity index (χ4v) is 5.91. The first-order valence-corrected chi connectivity index (χ1v) is 16.7. The van der Waals surface area contributed by atoms with Crippen LogP contribution in [0, 0.1) is 11.8 Å². The standard InChI is InChI=1S/C38H48N6/c1-5-9-18-29(7-3)27-43-37(39-35(41-43)31-20-13-11-14-21-31)33-24-17-25-34(26-33)38-40-36(32-22-15-12-16-23-32)42-44(38)28-30(8-4)19-10-6-2/h11-17,20-26,29-30H,5-10,18-19,27-28H2,1-4H3. The summed E-state index contributed by atoms with van der Waals surface area (Å²) in [5.74, 6) is 4.48. The summed E-state index contributed by atoms with van der Waals surface area (Å²) in [6.45, 7) is 10.8. The molecule has 0 saturated carbocycles. The molecule has 5 aromatic rings. The molecule has 3 aromatic carbocycles. The molecule has 0 aliphatic carbocycles. The summed E-state index contributed by atoms with van der Waals surface area (Å²) in [5, 5.41) is 10.1. The topological polar surface area (TPSA) is 61.4 Å². The second-order valence-electron chi connectivity index (χ2n) is 12.0. The highest BCUT2D eigenvalue weighted by molar-refractivity contribution is 5.69. The van der Waals surface area contributed by atoms with Gasteiger partial charge in [0.05, 0.1) is 0 Å². The molecule has 6 heteroatoms. The molecule has 0 bridgehead atoms. The van der Waals surface area contributed by atoms with E-state index in [4.69, 9.17) is 20.2 Å².